The monoisotopic (exact) mass is 219 g/mol. The normalized spacial score (nSPS) is 19.8. The zero-order chi connectivity index (χ0) is 11.6. The van der Waals surface area contributed by atoms with Crippen LogP contribution in [0.4, 0.5) is 0 Å². The van der Waals surface area contributed by atoms with Gasteiger partial charge >= 0.3 is 0 Å². The molecule has 16 heavy (non-hydrogen) atoms. The molecule has 1 aliphatic heterocycles. The van der Waals surface area contributed by atoms with Crippen LogP contribution in [0.1, 0.15) is 19.2 Å². The molecule has 0 radical (unpaired) electrons. The van der Waals surface area contributed by atoms with Crippen LogP contribution in [0, 0.1) is 11.3 Å². The smallest absolute Gasteiger partial charge is 0.122 e. The van der Waals surface area contributed by atoms with Crippen molar-refractivity contribution in [3.8, 4) is 6.07 Å². The van der Waals surface area contributed by atoms with Crippen LogP contribution in [-0.2, 0) is 13.1 Å². The second-order valence-electron chi connectivity index (χ2n) is 4.59. The van der Waals surface area contributed by atoms with Gasteiger partial charge in [-0.3, -0.25) is 4.90 Å². The Balaban J connectivity index is 1.89. The van der Waals surface area contributed by atoms with E-state index in [4.69, 9.17) is 11.0 Å². The van der Waals surface area contributed by atoms with E-state index in [1.165, 1.54) is 0 Å². The van der Waals surface area contributed by atoms with Crippen molar-refractivity contribution < 1.29 is 0 Å². The number of nitrogens with two attached hydrogens (primary N) is 1. The standard InChI is InChI=1S/C11H17N5/c1-11(13,9-12)2-4-15-6-7-16-5-3-14-10(16)8-15/h3,5H,2,4,6-8,13H2,1H3. The molecule has 1 aliphatic rings. The number of fused-ring (bicyclic) bond motifs is 1. The second-order valence-corrected chi connectivity index (χ2v) is 4.59. The number of nitriles is 1. The van der Waals surface area contributed by atoms with Gasteiger partial charge in [0.1, 0.15) is 11.4 Å². The fourth-order valence-corrected chi connectivity index (χ4v) is 1.86. The van der Waals surface area contributed by atoms with Crippen LogP contribution >= 0.6 is 0 Å². The van der Waals surface area contributed by atoms with Crippen molar-refractivity contribution in [3.63, 3.8) is 0 Å². The van der Waals surface area contributed by atoms with Crippen molar-refractivity contribution in [2.24, 2.45) is 5.73 Å². The molecule has 5 heteroatoms. The largest absolute Gasteiger partial charge is 0.333 e. The predicted molar refractivity (Wildman–Crippen MR) is 60.3 cm³/mol. The molecule has 0 aromatic carbocycles. The van der Waals surface area contributed by atoms with E-state index in [0.717, 1.165) is 32.0 Å². The lowest BCUT2D eigenvalue weighted by Crippen LogP contribution is -2.41. The summed E-state index contributed by atoms with van der Waals surface area (Å²) < 4.78 is 2.17. The summed E-state index contributed by atoms with van der Waals surface area (Å²) in [7, 11) is 0. The van der Waals surface area contributed by atoms with Crippen LogP contribution < -0.4 is 5.73 Å². The van der Waals surface area contributed by atoms with Crippen molar-refractivity contribution in [3.05, 3.63) is 18.2 Å². The van der Waals surface area contributed by atoms with Gasteiger partial charge in [-0.05, 0) is 13.3 Å². The summed E-state index contributed by atoms with van der Waals surface area (Å²) in [5.41, 5.74) is 5.08. The molecular weight excluding hydrogens is 202 g/mol. The molecule has 0 amide bonds. The Kier molecular flexibility index (Phi) is 2.95. The highest BCUT2D eigenvalue weighted by molar-refractivity contribution is 5.02. The first-order valence-electron chi connectivity index (χ1n) is 5.53. The molecule has 0 saturated carbocycles. The lowest BCUT2D eigenvalue weighted by Gasteiger charge is -2.29. The zero-order valence-corrected chi connectivity index (χ0v) is 9.56. The fourth-order valence-electron chi connectivity index (χ4n) is 1.86. The van der Waals surface area contributed by atoms with Gasteiger partial charge in [-0.2, -0.15) is 5.26 Å². The van der Waals surface area contributed by atoms with Gasteiger partial charge in [0.15, 0.2) is 0 Å². The van der Waals surface area contributed by atoms with Crippen molar-refractivity contribution in [2.75, 3.05) is 13.1 Å². The summed E-state index contributed by atoms with van der Waals surface area (Å²) in [6.07, 6.45) is 4.54. The Bertz CT molecular complexity index is 401. The molecule has 86 valence electrons. The average molecular weight is 219 g/mol. The molecule has 0 saturated heterocycles. The molecule has 0 bridgehead atoms. The summed E-state index contributed by atoms with van der Waals surface area (Å²) in [6.45, 7) is 5.47. The first-order chi connectivity index (χ1) is 7.61. The molecule has 5 nitrogen and oxygen atoms in total. The third-order valence-electron chi connectivity index (χ3n) is 3.03. The summed E-state index contributed by atoms with van der Waals surface area (Å²) in [6, 6.07) is 2.13. The van der Waals surface area contributed by atoms with E-state index < -0.39 is 5.54 Å². The lowest BCUT2D eigenvalue weighted by molar-refractivity contribution is 0.205. The Morgan fingerprint density at radius 3 is 3.19 bits per heavy atom. The maximum absolute atomic E-state index is 8.84. The van der Waals surface area contributed by atoms with Crippen LogP contribution in [-0.4, -0.2) is 33.1 Å². The Labute approximate surface area is 95.5 Å². The summed E-state index contributed by atoms with van der Waals surface area (Å²) >= 11 is 0. The van der Waals surface area contributed by atoms with Crippen molar-refractivity contribution in [2.45, 2.75) is 32.0 Å². The number of nitrogens with zero attached hydrogens (tertiary/aromatic N) is 4. The van der Waals surface area contributed by atoms with E-state index in [-0.39, 0.29) is 0 Å². The van der Waals surface area contributed by atoms with Crippen molar-refractivity contribution in [1.29, 1.82) is 5.26 Å². The molecule has 0 aliphatic carbocycles. The van der Waals surface area contributed by atoms with Crippen LogP contribution in [0.2, 0.25) is 0 Å². The third-order valence-corrected chi connectivity index (χ3v) is 3.03. The number of aromatic nitrogens is 2. The molecular formula is C11H17N5. The van der Waals surface area contributed by atoms with Crippen molar-refractivity contribution >= 4 is 0 Å². The minimum atomic E-state index is -0.715. The van der Waals surface area contributed by atoms with Gasteiger partial charge in [0, 0.05) is 32.0 Å². The maximum Gasteiger partial charge on any atom is 0.122 e. The molecule has 0 spiro atoms. The Morgan fingerprint density at radius 2 is 2.44 bits per heavy atom. The van der Waals surface area contributed by atoms with Gasteiger partial charge in [-0.1, -0.05) is 0 Å². The van der Waals surface area contributed by atoms with E-state index in [0.29, 0.717) is 6.42 Å². The Hall–Kier alpha value is -1.38. The lowest BCUT2D eigenvalue weighted by atomic mass is 10.0. The molecule has 1 aromatic heterocycles. The molecule has 1 aromatic rings. The summed E-state index contributed by atoms with van der Waals surface area (Å²) in [5, 5.41) is 8.84. The Morgan fingerprint density at radius 1 is 1.62 bits per heavy atom. The first-order valence-corrected chi connectivity index (χ1v) is 5.53. The minimum Gasteiger partial charge on any atom is -0.333 e. The van der Waals surface area contributed by atoms with Crippen LogP contribution in [0.15, 0.2) is 12.4 Å². The average Bonchev–Trinajstić information content (AvgIpc) is 2.73. The van der Waals surface area contributed by atoms with E-state index in [2.05, 4.69) is 20.5 Å². The molecule has 2 heterocycles. The molecule has 2 rings (SSSR count). The van der Waals surface area contributed by atoms with Crippen LogP contribution in [0.3, 0.4) is 0 Å². The highest BCUT2D eigenvalue weighted by Crippen LogP contribution is 2.12. The number of imidazole rings is 1. The summed E-state index contributed by atoms with van der Waals surface area (Å²) in [5.74, 6) is 1.10. The predicted octanol–water partition coefficient (Wildman–Crippen LogP) is 0.330. The first kappa shape index (κ1) is 11.1. The van der Waals surface area contributed by atoms with Crippen LogP contribution in [0.5, 0.6) is 0 Å². The minimum absolute atomic E-state index is 0.699. The quantitative estimate of drug-likeness (QED) is 0.795. The zero-order valence-electron chi connectivity index (χ0n) is 9.56. The molecule has 2 N–H and O–H groups in total. The SMILES string of the molecule is CC(N)(C#N)CCN1CCn2ccnc2C1. The number of hydrogen-bond donors (Lipinski definition) is 1. The number of rotatable bonds is 3. The van der Waals surface area contributed by atoms with E-state index in [9.17, 15) is 0 Å². The molecule has 1 unspecified atom stereocenters. The van der Waals surface area contributed by atoms with E-state index in [1.807, 2.05) is 12.4 Å². The third kappa shape index (κ3) is 2.40. The van der Waals surface area contributed by atoms with Gasteiger partial charge in [0.25, 0.3) is 0 Å². The summed E-state index contributed by atoms with van der Waals surface area (Å²) in [4.78, 5) is 6.59. The topological polar surface area (TPSA) is 70.9 Å². The van der Waals surface area contributed by atoms with E-state index in [1.54, 1.807) is 6.92 Å². The van der Waals surface area contributed by atoms with Gasteiger partial charge in [0.05, 0.1) is 12.6 Å². The van der Waals surface area contributed by atoms with E-state index >= 15 is 0 Å². The highest BCUT2D eigenvalue weighted by Gasteiger charge is 2.21. The van der Waals surface area contributed by atoms with Gasteiger partial charge in [-0.15, -0.1) is 0 Å². The van der Waals surface area contributed by atoms with Crippen molar-refractivity contribution in [1.82, 2.24) is 14.5 Å². The fraction of sp³-hybridized carbons (Fsp3) is 0.636. The second kappa shape index (κ2) is 4.24. The molecule has 0 fully saturated rings. The van der Waals surface area contributed by atoms with Crippen LogP contribution in [0.25, 0.3) is 0 Å². The number of hydrogen-bond acceptors (Lipinski definition) is 4. The van der Waals surface area contributed by atoms with Gasteiger partial charge < -0.3 is 10.3 Å². The van der Waals surface area contributed by atoms with Gasteiger partial charge in [-0.25, -0.2) is 4.98 Å². The maximum atomic E-state index is 8.84. The van der Waals surface area contributed by atoms with Gasteiger partial charge in [0.2, 0.25) is 0 Å². The molecule has 1 atom stereocenters. The highest BCUT2D eigenvalue weighted by atomic mass is 15.2.